The van der Waals surface area contributed by atoms with E-state index in [1.807, 2.05) is 30.3 Å². The first-order valence-corrected chi connectivity index (χ1v) is 5.17. The van der Waals surface area contributed by atoms with Crippen molar-refractivity contribution in [2.75, 3.05) is 6.61 Å². The van der Waals surface area contributed by atoms with Crippen molar-refractivity contribution in [3.05, 3.63) is 48.6 Å². The Hall–Kier alpha value is -1.81. The van der Waals surface area contributed by atoms with Crippen LogP contribution >= 0.6 is 0 Å². The number of amides is 1. The van der Waals surface area contributed by atoms with Crippen molar-refractivity contribution in [2.45, 2.75) is 12.6 Å². The molecule has 1 aromatic carbocycles. The first-order chi connectivity index (χ1) is 7.81. The molecule has 0 bridgehead atoms. The lowest BCUT2D eigenvalue weighted by atomic mass is 10.2. The van der Waals surface area contributed by atoms with Crippen LogP contribution in [0.2, 0.25) is 0 Å². The smallest absolute Gasteiger partial charge is 0.425 e. The van der Waals surface area contributed by atoms with Gasteiger partial charge in [0.05, 0.1) is 0 Å². The average Bonchev–Trinajstić information content (AvgIpc) is 2.69. The Morgan fingerprint density at radius 1 is 1.50 bits per heavy atom. The molecule has 2 rings (SSSR count). The topological polar surface area (TPSA) is 41.6 Å². The molecule has 4 nitrogen and oxygen atoms in total. The van der Waals surface area contributed by atoms with Gasteiger partial charge < -0.3 is 4.74 Å². The number of cyclic esters (lactones) is 1. The third kappa shape index (κ3) is 2.23. The summed E-state index contributed by atoms with van der Waals surface area (Å²) in [5, 5.41) is 1.47. The molecule has 1 unspecified atom stereocenters. The van der Waals surface area contributed by atoms with Crippen molar-refractivity contribution in [1.29, 1.82) is 0 Å². The lowest BCUT2D eigenvalue weighted by Gasteiger charge is -2.19. The summed E-state index contributed by atoms with van der Waals surface area (Å²) in [4.78, 5) is 11.4. The molecule has 1 saturated heterocycles. The summed E-state index contributed by atoms with van der Waals surface area (Å²) in [5.41, 5.74) is 4.15. The Labute approximate surface area is 94.5 Å². The van der Waals surface area contributed by atoms with Gasteiger partial charge in [-0.2, -0.15) is 0 Å². The molecule has 1 atom stereocenters. The number of hydrogen-bond donors (Lipinski definition) is 1. The largest absolute Gasteiger partial charge is 0.446 e. The van der Waals surface area contributed by atoms with Crippen molar-refractivity contribution in [2.24, 2.45) is 0 Å². The van der Waals surface area contributed by atoms with E-state index in [9.17, 15) is 4.79 Å². The van der Waals surface area contributed by atoms with E-state index in [0.29, 0.717) is 13.2 Å². The Morgan fingerprint density at radius 3 is 2.94 bits per heavy atom. The van der Waals surface area contributed by atoms with Gasteiger partial charge in [-0.25, -0.2) is 15.2 Å². The van der Waals surface area contributed by atoms with Gasteiger partial charge in [0, 0.05) is 6.54 Å². The quantitative estimate of drug-likeness (QED) is 0.782. The van der Waals surface area contributed by atoms with Crippen LogP contribution in [0.1, 0.15) is 5.56 Å². The fourth-order valence-electron chi connectivity index (χ4n) is 1.56. The van der Waals surface area contributed by atoms with Crippen molar-refractivity contribution < 1.29 is 9.53 Å². The SMILES string of the molecule is C=CC1COC(=O)N1NCc1ccccc1. The molecule has 0 saturated carbocycles. The molecule has 1 heterocycles. The third-order valence-electron chi connectivity index (χ3n) is 2.47. The van der Waals surface area contributed by atoms with Crippen LogP contribution in [0.5, 0.6) is 0 Å². The van der Waals surface area contributed by atoms with Crippen molar-refractivity contribution in [1.82, 2.24) is 10.4 Å². The maximum atomic E-state index is 11.4. The number of carbonyl (C=O) groups is 1. The van der Waals surface area contributed by atoms with E-state index in [-0.39, 0.29) is 12.1 Å². The highest BCUT2D eigenvalue weighted by Gasteiger charge is 2.30. The first kappa shape index (κ1) is 10.7. The van der Waals surface area contributed by atoms with E-state index in [4.69, 9.17) is 4.74 Å². The second kappa shape index (κ2) is 4.81. The normalized spacial score (nSPS) is 19.6. The van der Waals surface area contributed by atoms with Crippen LogP contribution in [-0.4, -0.2) is 23.8 Å². The Balaban J connectivity index is 1.94. The van der Waals surface area contributed by atoms with E-state index in [0.717, 1.165) is 5.56 Å². The molecule has 0 radical (unpaired) electrons. The molecule has 0 aromatic heterocycles. The van der Waals surface area contributed by atoms with E-state index < -0.39 is 0 Å². The Bertz CT molecular complexity index is 378. The highest BCUT2D eigenvalue weighted by atomic mass is 16.6. The molecule has 16 heavy (non-hydrogen) atoms. The second-order valence-corrected chi connectivity index (χ2v) is 3.57. The highest BCUT2D eigenvalue weighted by molar-refractivity contribution is 5.69. The molecule has 1 aliphatic heterocycles. The number of nitrogens with one attached hydrogen (secondary N) is 1. The lowest BCUT2D eigenvalue weighted by molar-refractivity contribution is 0.142. The monoisotopic (exact) mass is 218 g/mol. The molecule has 0 aliphatic carbocycles. The zero-order valence-electron chi connectivity index (χ0n) is 8.93. The molecule has 4 heteroatoms. The summed E-state index contributed by atoms with van der Waals surface area (Å²) in [5.74, 6) is 0. The third-order valence-corrected chi connectivity index (χ3v) is 2.47. The molecule has 1 N–H and O–H groups in total. The standard InChI is InChI=1S/C12H14N2O2/c1-2-11-9-16-12(15)14(11)13-8-10-6-4-3-5-7-10/h2-7,11,13H,1,8-9H2. The van der Waals surface area contributed by atoms with Gasteiger partial charge in [-0.1, -0.05) is 36.4 Å². The Kier molecular flexibility index (Phi) is 3.22. The second-order valence-electron chi connectivity index (χ2n) is 3.57. The van der Waals surface area contributed by atoms with E-state index >= 15 is 0 Å². The number of hydrogen-bond acceptors (Lipinski definition) is 3. The van der Waals surface area contributed by atoms with Crippen LogP contribution in [0.25, 0.3) is 0 Å². The fourth-order valence-corrected chi connectivity index (χ4v) is 1.56. The van der Waals surface area contributed by atoms with Crippen LogP contribution in [0, 0.1) is 0 Å². The molecule has 1 amide bonds. The zero-order chi connectivity index (χ0) is 11.4. The van der Waals surface area contributed by atoms with Gasteiger partial charge in [-0.05, 0) is 5.56 Å². The van der Waals surface area contributed by atoms with Crippen LogP contribution < -0.4 is 5.43 Å². The molecule has 1 aromatic rings. The summed E-state index contributed by atoms with van der Waals surface area (Å²) in [6.07, 6.45) is 1.35. The minimum Gasteiger partial charge on any atom is -0.446 e. The number of nitrogens with zero attached hydrogens (tertiary/aromatic N) is 1. The first-order valence-electron chi connectivity index (χ1n) is 5.17. The summed E-state index contributed by atoms with van der Waals surface area (Å²) in [6, 6.07) is 9.79. The number of hydrazine groups is 1. The van der Waals surface area contributed by atoms with Gasteiger partial charge in [0.2, 0.25) is 0 Å². The minimum absolute atomic E-state index is 0.0868. The number of carbonyl (C=O) groups excluding carboxylic acids is 1. The minimum atomic E-state index is -0.346. The maximum absolute atomic E-state index is 11.4. The fraction of sp³-hybridized carbons (Fsp3) is 0.250. The van der Waals surface area contributed by atoms with Crippen LogP contribution in [0.4, 0.5) is 4.79 Å². The predicted molar refractivity (Wildman–Crippen MR) is 60.5 cm³/mol. The Morgan fingerprint density at radius 2 is 2.25 bits per heavy atom. The van der Waals surface area contributed by atoms with Gasteiger partial charge in [-0.15, -0.1) is 6.58 Å². The van der Waals surface area contributed by atoms with E-state index in [2.05, 4.69) is 12.0 Å². The number of ether oxygens (including phenoxy) is 1. The summed E-state index contributed by atoms with van der Waals surface area (Å²) < 4.78 is 4.91. The van der Waals surface area contributed by atoms with Crippen LogP contribution in [-0.2, 0) is 11.3 Å². The van der Waals surface area contributed by atoms with Crippen molar-refractivity contribution in [3.63, 3.8) is 0 Å². The van der Waals surface area contributed by atoms with Gasteiger partial charge in [0.15, 0.2) is 0 Å². The lowest BCUT2D eigenvalue weighted by Crippen LogP contribution is -2.43. The average molecular weight is 218 g/mol. The van der Waals surface area contributed by atoms with Crippen molar-refractivity contribution >= 4 is 6.09 Å². The van der Waals surface area contributed by atoms with Crippen LogP contribution in [0.3, 0.4) is 0 Å². The maximum Gasteiger partial charge on any atom is 0.425 e. The summed E-state index contributed by atoms with van der Waals surface area (Å²) in [7, 11) is 0. The van der Waals surface area contributed by atoms with Gasteiger partial charge in [0.25, 0.3) is 0 Å². The van der Waals surface area contributed by atoms with Gasteiger partial charge >= 0.3 is 6.09 Å². The van der Waals surface area contributed by atoms with Crippen LogP contribution in [0.15, 0.2) is 43.0 Å². The molecule has 84 valence electrons. The number of benzene rings is 1. The zero-order valence-corrected chi connectivity index (χ0v) is 8.93. The molecular weight excluding hydrogens is 204 g/mol. The summed E-state index contributed by atoms with van der Waals surface area (Å²) >= 11 is 0. The summed E-state index contributed by atoms with van der Waals surface area (Å²) in [6.45, 7) is 4.63. The van der Waals surface area contributed by atoms with Gasteiger partial charge in [0.1, 0.15) is 12.6 Å². The highest BCUT2D eigenvalue weighted by Crippen LogP contribution is 2.10. The van der Waals surface area contributed by atoms with Gasteiger partial charge in [-0.3, -0.25) is 0 Å². The van der Waals surface area contributed by atoms with Crippen molar-refractivity contribution in [3.8, 4) is 0 Å². The molecule has 1 fully saturated rings. The molecule has 1 aliphatic rings. The number of rotatable bonds is 4. The van der Waals surface area contributed by atoms with E-state index in [1.165, 1.54) is 5.01 Å². The van der Waals surface area contributed by atoms with E-state index in [1.54, 1.807) is 6.08 Å². The molecular formula is C12H14N2O2. The predicted octanol–water partition coefficient (Wildman–Crippen LogP) is 1.70. The molecule has 0 spiro atoms.